The zero-order valence-corrected chi connectivity index (χ0v) is 11.1. The van der Waals surface area contributed by atoms with Crippen molar-refractivity contribution in [2.45, 2.75) is 46.0 Å². The largest absolute Gasteiger partial charge is 0.466 e. The maximum atomic E-state index is 12.0. The number of hydrogen-bond donors (Lipinski definition) is 1. The van der Waals surface area contributed by atoms with E-state index in [9.17, 15) is 4.79 Å². The molecule has 1 saturated carbocycles. The van der Waals surface area contributed by atoms with Crippen LogP contribution in [0.1, 0.15) is 46.0 Å². The molecule has 17 heavy (non-hydrogen) atoms. The maximum Gasteiger partial charge on any atom is 0.310 e. The molecule has 0 aromatic rings. The van der Waals surface area contributed by atoms with E-state index in [1.165, 1.54) is 32.1 Å². The van der Waals surface area contributed by atoms with Crippen LogP contribution in [0.25, 0.3) is 0 Å². The van der Waals surface area contributed by atoms with Crippen molar-refractivity contribution in [2.24, 2.45) is 17.3 Å². The van der Waals surface area contributed by atoms with Crippen LogP contribution in [0.15, 0.2) is 0 Å². The maximum absolute atomic E-state index is 12.0. The summed E-state index contributed by atoms with van der Waals surface area (Å²) in [6.45, 7) is 6.49. The average Bonchev–Trinajstić information content (AvgIpc) is 2.74. The molecule has 2 rings (SSSR count). The molecule has 98 valence electrons. The third-order valence-electron chi connectivity index (χ3n) is 4.81. The van der Waals surface area contributed by atoms with Crippen LogP contribution in [-0.2, 0) is 9.53 Å². The van der Waals surface area contributed by atoms with E-state index in [1.54, 1.807) is 0 Å². The van der Waals surface area contributed by atoms with Gasteiger partial charge in [0.15, 0.2) is 0 Å². The van der Waals surface area contributed by atoms with Crippen molar-refractivity contribution < 1.29 is 9.53 Å². The Morgan fingerprint density at radius 3 is 2.65 bits per heavy atom. The topological polar surface area (TPSA) is 38.3 Å². The number of esters is 1. The van der Waals surface area contributed by atoms with E-state index in [2.05, 4.69) is 12.2 Å². The standard InChI is InChI=1S/C14H25NO2/c1-3-11-5-7-14(8-6-11)10-15-9-12(14)13(16)17-4-2/h11-12,15H,3-10H2,1-2H3. The lowest BCUT2D eigenvalue weighted by atomic mass is 9.65. The Labute approximate surface area is 104 Å². The van der Waals surface area contributed by atoms with E-state index >= 15 is 0 Å². The third kappa shape index (κ3) is 2.49. The highest BCUT2D eigenvalue weighted by molar-refractivity contribution is 5.74. The number of carbonyl (C=O) groups excluding carboxylic acids is 1. The molecule has 1 aliphatic heterocycles. The van der Waals surface area contributed by atoms with Crippen LogP contribution >= 0.6 is 0 Å². The summed E-state index contributed by atoms with van der Waals surface area (Å²) in [5.41, 5.74) is 0.206. The molecule has 0 amide bonds. The Morgan fingerprint density at radius 1 is 1.35 bits per heavy atom. The van der Waals surface area contributed by atoms with Gasteiger partial charge < -0.3 is 10.1 Å². The first-order valence-corrected chi connectivity index (χ1v) is 7.09. The van der Waals surface area contributed by atoms with Crippen molar-refractivity contribution in [3.63, 3.8) is 0 Å². The summed E-state index contributed by atoms with van der Waals surface area (Å²) in [6, 6.07) is 0. The molecule has 1 unspecified atom stereocenters. The minimum absolute atomic E-state index is 0.0208. The zero-order chi connectivity index (χ0) is 12.3. The van der Waals surface area contributed by atoms with Gasteiger partial charge in [-0.2, -0.15) is 0 Å². The summed E-state index contributed by atoms with van der Waals surface area (Å²) in [7, 11) is 0. The van der Waals surface area contributed by atoms with Crippen LogP contribution < -0.4 is 5.32 Å². The SMILES string of the molecule is CCOC(=O)C1CNCC12CCC(CC)CC2. The van der Waals surface area contributed by atoms with E-state index in [0.29, 0.717) is 6.61 Å². The average molecular weight is 239 g/mol. The Hall–Kier alpha value is -0.570. The van der Waals surface area contributed by atoms with Gasteiger partial charge in [0.2, 0.25) is 0 Å². The van der Waals surface area contributed by atoms with Gasteiger partial charge in [0.05, 0.1) is 12.5 Å². The quantitative estimate of drug-likeness (QED) is 0.768. The van der Waals surface area contributed by atoms with E-state index < -0.39 is 0 Å². The van der Waals surface area contributed by atoms with Gasteiger partial charge in [-0.1, -0.05) is 13.3 Å². The molecule has 2 aliphatic rings. The van der Waals surface area contributed by atoms with Gasteiger partial charge in [-0.15, -0.1) is 0 Å². The Morgan fingerprint density at radius 2 is 2.06 bits per heavy atom. The van der Waals surface area contributed by atoms with Gasteiger partial charge >= 0.3 is 5.97 Å². The molecule has 0 aromatic heterocycles. The molecule has 2 fully saturated rings. The molecule has 0 radical (unpaired) electrons. The van der Waals surface area contributed by atoms with E-state index in [1.807, 2.05) is 6.92 Å². The van der Waals surface area contributed by atoms with E-state index in [-0.39, 0.29) is 17.3 Å². The van der Waals surface area contributed by atoms with Crippen LogP contribution in [0.2, 0.25) is 0 Å². The summed E-state index contributed by atoms with van der Waals surface area (Å²) in [5.74, 6) is 0.997. The van der Waals surface area contributed by atoms with Crippen molar-refractivity contribution in [3.8, 4) is 0 Å². The molecule has 1 aliphatic carbocycles. The van der Waals surface area contributed by atoms with Gasteiger partial charge in [0, 0.05) is 13.1 Å². The second kappa shape index (κ2) is 5.38. The summed E-state index contributed by atoms with van der Waals surface area (Å²) in [5, 5.41) is 3.40. The molecule has 0 bridgehead atoms. The molecule has 1 N–H and O–H groups in total. The highest BCUT2D eigenvalue weighted by Crippen LogP contribution is 2.47. The van der Waals surface area contributed by atoms with Crippen molar-refractivity contribution in [1.82, 2.24) is 5.32 Å². The molecule has 3 heteroatoms. The van der Waals surface area contributed by atoms with Gasteiger partial charge in [-0.05, 0) is 43.9 Å². The van der Waals surface area contributed by atoms with Gasteiger partial charge in [0.1, 0.15) is 0 Å². The highest BCUT2D eigenvalue weighted by atomic mass is 16.5. The minimum atomic E-state index is 0.0208. The summed E-state index contributed by atoms with van der Waals surface area (Å²) in [4.78, 5) is 12.0. The lowest BCUT2D eigenvalue weighted by Gasteiger charge is -2.39. The van der Waals surface area contributed by atoms with Gasteiger partial charge in [-0.25, -0.2) is 0 Å². The van der Waals surface area contributed by atoms with Crippen LogP contribution in [-0.4, -0.2) is 25.7 Å². The first-order valence-electron chi connectivity index (χ1n) is 7.09. The first kappa shape index (κ1) is 12.9. The number of rotatable bonds is 3. The molecule has 1 heterocycles. The Bertz CT molecular complexity index is 269. The fourth-order valence-corrected chi connectivity index (χ4v) is 3.57. The van der Waals surface area contributed by atoms with Gasteiger partial charge in [0.25, 0.3) is 0 Å². The number of carbonyl (C=O) groups is 1. The second-order valence-electron chi connectivity index (χ2n) is 5.65. The van der Waals surface area contributed by atoms with E-state index in [4.69, 9.17) is 4.74 Å². The van der Waals surface area contributed by atoms with Gasteiger partial charge in [-0.3, -0.25) is 4.79 Å². The molecular formula is C14H25NO2. The Balaban J connectivity index is 2.01. The predicted molar refractivity (Wildman–Crippen MR) is 67.7 cm³/mol. The summed E-state index contributed by atoms with van der Waals surface area (Å²) >= 11 is 0. The number of hydrogen-bond acceptors (Lipinski definition) is 3. The number of ether oxygens (including phenoxy) is 1. The van der Waals surface area contributed by atoms with Crippen LogP contribution in [0.3, 0.4) is 0 Å². The molecule has 1 spiro atoms. The zero-order valence-electron chi connectivity index (χ0n) is 11.1. The van der Waals surface area contributed by atoms with Crippen LogP contribution in [0.4, 0.5) is 0 Å². The van der Waals surface area contributed by atoms with Crippen molar-refractivity contribution in [3.05, 3.63) is 0 Å². The van der Waals surface area contributed by atoms with Crippen molar-refractivity contribution in [1.29, 1.82) is 0 Å². The normalized spacial score (nSPS) is 37.3. The molecule has 3 nitrogen and oxygen atoms in total. The lowest BCUT2D eigenvalue weighted by Crippen LogP contribution is -2.39. The molecule has 0 aromatic carbocycles. The Kier molecular flexibility index (Phi) is 4.08. The van der Waals surface area contributed by atoms with Crippen LogP contribution in [0.5, 0.6) is 0 Å². The lowest BCUT2D eigenvalue weighted by molar-refractivity contribution is -0.152. The number of nitrogens with one attached hydrogen (secondary N) is 1. The van der Waals surface area contributed by atoms with Crippen LogP contribution in [0, 0.1) is 17.3 Å². The second-order valence-corrected chi connectivity index (χ2v) is 5.65. The molecule has 1 saturated heterocycles. The molecular weight excluding hydrogens is 214 g/mol. The van der Waals surface area contributed by atoms with Crippen molar-refractivity contribution >= 4 is 5.97 Å². The fourth-order valence-electron chi connectivity index (χ4n) is 3.57. The smallest absolute Gasteiger partial charge is 0.310 e. The highest BCUT2D eigenvalue weighted by Gasteiger charge is 2.48. The van der Waals surface area contributed by atoms with E-state index in [0.717, 1.165) is 19.0 Å². The monoisotopic (exact) mass is 239 g/mol. The third-order valence-corrected chi connectivity index (χ3v) is 4.81. The fraction of sp³-hybridized carbons (Fsp3) is 0.929. The first-order chi connectivity index (χ1) is 8.22. The molecule has 1 atom stereocenters. The van der Waals surface area contributed by atoms with Crippen molar-refractivity contribution in [2.75, 3.05) is 19.7 Å². The predicted octanol–water partition coefficient (Wildman–Crippen LogP) is 2.36. The summed E-state index contributed by atoms with van der Waals surface area (Å²) < 4.78 is 5.23. The summed E-state index contributed by atoms with van der Waals surface area (Å²) in [6.07, 6.45) is 6.25. The minimum Gasteiger partial charge on any atom is -0.466 e.